The minimum Gasteiger partial charge on any atom is -0.481 e. The monoisotopic (exact) mass is 419 g/mol. The molecule has 8 heteroatoms. The summed E-state index contributed by atoms with van der Waals surface area (Å²) in [6.45, 7) is 6.48. The SMILES string of the molecule is CC[C@@H](Oc1ccc(Cl)c(C)c1)C(=O)N(CC)Cc1nc(-c2cccs2)no1. The number of aromatic nitrogens is 2. The second kappa shape index (κ2) is 9.21. The van der Waals surface area contributed by atoms with Crippen LogP contribution in [0.25, 0.3) is 10.7 Å². The Labute approximate surface area is 173 Å². The third-order valence-electron chi connectivity index (χ3n) is 4.28. The molecule has 0 unspecified atom stereocenters. The highest BCUT2D eigenvalue weighted by atomic mass is 35.5. The highest BCUT2D eigenvalue weighted by Gasteiger charge is 2.26. The maximum atomic E-state index is 13.0. The Balaban J connectivity index is 1.69. The fraction of sp³-hybridized carbons (Fsp3) is 0.350. The standard InChI is InChI=1S/C20H22ClN3O3S/c1-4-16(26-14-8-9-15(21)13(3)11-14)20(25)24(5-2)12-18-22-19(23-27-18)17-7-6-10-28-17/h6-11,16H,4-5,12H2,1-3H3/t16-/m1/s1. The first-order valence-electron chi connectivity index (χ1n) is 9.09. The van der Waals surface area contributed by atoms with Gasteiger partial charge < -0.3 is 14.2 Å². The molecule has 3 aromatic rings. The Kier molecular flexibility index (Phi) is 6.70. The Morgan fingerprint density at radius 2 is 2.18 bits per heavy atom. The molecule has 1 aromatic carbocycles. The first kappa shape index (κ1) is 20.4. The number of ether oxygens (including phenoxy) is 1. The lowest BCUT2D eigenvalue weighted by Crippen LogP contribution is -2.41. The second-order valence-corrected chi connectivity index (χ2v) is 7.62. The average molecular weight is 420 g/mol. The number of hydrogen-bond donors (Lipinski definition) is 0. The van der Waals surface area contributed by atoms with Crippen LogP contribution in [0.5, 0.6) is 5.75 Å². The maximum absolute atomic E-state index is 13.0. The van der Waals surface area contributed by atoms with Crippen molar-refractivity contribution in [3.8, 4) is 16.5 Å². The third-order valence-corrected chi connectivity index (χ3v) is 5.57. The molecule has 148 valence electrons. The number of carbonyl (C=O) groups is 1. The molecule has 2 aromatic heterocycles. The van der Waals surface area contributed by atoms with Crippen LogP contribution in [0.1, 0.15) is 31.7 Å². The van der Waals surface area contributed by atoms with E-state index in [4.69, 9.17) is 20.9 Å². The summed E-state index contributed by atoms with van der Waals surface area (Å²) in [5.41, 5.74) is 0.904. The molecule has 0 saturated heterocycles. The van der Waals surface area contributed by atoms with E-state index in [0.717, 1.165) is 10.4 Å². The predicted octanol–water partition coefficient (Wildman–Crippen LogP) is 4.97. The van der Waals surface area contributed by atoms with Crippen LogP contribution in [-0.2, 0) is 11.3 Å². The molecule has 0 saturated carbocycles. The quantitative estimate of drug-likeness (QED) is 0.515. The first-order chi connectivity index (χ1) is 13.5. The second-order valence-electron chi connectivity index (χ2n) is 6.27. The minimum absolute atomic E-state index is 0.117. The van der Waals surface area contributed by atoms with E-state index >= 15 is 0 Å². The lowest BCUT2D eigenvalue weighted by atomic mass is 10.2. The fourth-order valence-electron chi connectivity index (χ4n) is 2.70. The van der Waals surface area contributed by atoms with Crippen molar-refractivity contribution in [3.63, 3.8) is 0 Å². The van der Waals surface area contributed by atoms with Gasteiger partial charge in [0.05, 0.1) is 4.88 Å². The van der Waals surface area contributed by atoms with E-state index in [1.165, 1.54) is 11.3 Å². The van der Waals surface area contributed by atoms with Gasteiger partial charge in [0.25, 0.3) is 5.91 Å². The van der Waals surface area contributed by atoms with Crippen LogP contribution in [0.15, 0.2) is 40.2 Å². The van der Waals surface area contributed by atoms with Crippen molar-refractivity contribution in [2.24, 2.45) is 0 Å². The van der Waals surface area contributed by atoms with Crippen molar-refractivity contribution in [1.82, 2.24) is 15.0 Å². The molecule has 0 aliphatic rings. The summed E-state index contributed by atoms with van der Waals surface area (Å²) < 4.78 is 11.3. The summed E-state index contributed by atoms with van der Waals surface area (Å²) in [5.74, 6) is 1.44. The van der Waals surface area contributed by atoms with Gasteiger partial charge in [-0.3, -0.25) is 4.79 Å². The molecule has 6 nitrogen and oxygen atoms in total. The molecule has 28 heavy (non-hydrogen) atoms. The topological polar surface area (TPSA) is 68.5 Å². The van der Waals surface area contributed by atoms with Crippen molar-refractivity contribution in [1.29, 1.82) is 0 Å². The predicted molar refractivity (Wildman–Crippen MR) is 110 cm³/mol. The van der Waals surface area contributed by atoms with Crippen LogP contribution >= 0.6 is 22.9 Å². The van der Waals surface area contributed by atoms with Gasteiger partial charge in [0.15, 0.2) is 6.10 Å². The van der Waals surface area contributed by atoms with Crippen LogP contribution in [0, 0.1) is 6.92 Å². The van der Waals surface area contributed by atoms with Gasteiger partial charge in [-0.1, -0.05) is 29.7 Å². The van der Waals surface area contributed by atoms with Crippen molar-refractivity contribution in [3.05, 3.63) is 52.2 Å². The lowest BCUT2D eigenvalue weighted by molar-refractivity contribution is -0.139. The molecular weight excluding hydrogens is 398 g/mol. The first-order valence-corrected chi connectivity index (χ1v) is 10.4. The Morgan fingerprint density at radius 3 is 2.82 bits per heavy atom. The fourth-order valence-corrected chi connectivity index (χ4v) is 3.47. The summed E-state index contributed by atoms with van der Waals surface area (Å²) >= 11 is 7.60. The summed E-state index contributed by atoms with van der Waals surface area (Å²) in [4.78, 5) is 20.0. The summed E-state index contributed by atoms with van der Waals surface area (Å²) in [6.07, 6.45) is -0.0541. The molecule has 0 aliphatic carbocycles. The number of carbonyl (C=O) groups excluding carboxylic acids is 1. The smallest absolute Gasteiger partial charge is 0.264 e. The van der Waals surface area contributed by atoms with Gasteiger partial charge >= 0.3 is 0 Å². The van der Waals surface area contributed by atoms with E-state index in [1.807, 2.05) is 44.4 Å². The zero-order valence-electron chi connectivity index (χ0n) is 16.0. The third kappa shape index (κ3) is 4.72. The minimum atomic E-state index is -0.597. The molecule has 0 aliphatic heterocycles. The molecule has 0 fully saturated rings. The largest absolute Gasteiger partial charge is 0.481 e. The van der Waals surface area contributed by atoms with Crippen LogP contribution < -0.4 is 4.74 Å². The summed E-state index contributed by atoms with van der Waals surface area (Å²) in [6, 6.07) is 9.23. The van der Waals surface area contributed by atoms with Gasteiger partial charge in [-0.15, -0.1) is 11.3 Å². The zero-order chi connectivity index (χ0) is 20.1. The van der Waals surface area contributed by atoms with E-state index in [-0.39, 0.29) is 12.5 Å². The highest BCUT2D eigenvalue weighted by Crippen LogP contribution is 2.24. The molecule has 0 N–H and O–H groups in total. The molecule has 1 amide bonds. The van der Waals surface area contributed by atoms with Crippen LogP contribution in [0.4, 0.5) is 0 Å². The van der Waals surface area contributed by atoms with Crippen molar-refractivity contribution < 1.29 is 14.1 Å². The Hall–Kier alpha value is -2.38. The number of nitrogens with zero attached hydrogens (tertiary/aromatic N) is 3. The number of thiophene rings is 1. The zero-order valence-corrected chi connectivity index (χ0v) is 17.6. The maximum Gasteiger partial charge on any atom is 0.264 e. The number of benzene rings is 1. The number of likely N-dealkylation sites (N-methyl/N-ethyl adjacent to an activating group) is 1. The number of aryl methyl sites for hydroxylation is 1. The van der Waals surface area contributed by atoms with Crippen molar-refractivity contribution in [2.75, 3.05) is 6.54 Å². The van der Waals surface area contributed by atoms with Crippen LogP contribution in [-0.4, -0.2) is 33.6 Å². The van der Waals surface area contributed by atoms with Gasteiger partial charge in [0.1, 0.15) is 12.3 Å². The average Bonchev–Trinajstić information content (AvgIpc) is 3.38. The summed E-state index contributed by atoms with van der Waals surface area (Å²) in [7, 11) is 0. The van der Waals surface area contributed by atoms with Crippen molar-refractivity contribution >= 4 is 28.8 Å². The molecule has 2 heterocycles. The van der Waals surface area contributed by atoms with Gasteiger partial charge in [0, 0.05) is 11.6 Å². The van der Waals surface area contributed by atoms with Crippen LogP contribution in [0.2, 0.25) is 5.02 Å². The number of hydrogen-bond acceptors (Lipinski definition) is 6. The molecule has 1 atom stereocenters. The highest BCUT2D eigenvalue weighted by molar-refractivity contribution is 7.13. The Morgan fingerprint density at radius 1 is 1.36 bits per heavy atom. The molecule has 3 rings (SSSR count). The molecule has 0 bridgehead atoms. The van der Waals surface area contributed by atoms with E-state index in [1.54, 1.807) is 17.0 Å². The Bertz CT molecular complexity index is 927. The molecule has 0 radical (unpaired) electrons. The van der Waals surface area contributed by atoms with Gasteiger partial charge in [-0.05, 0) is 55.5 Å². The molecule has 0 spiro atoms. The van der Waals surface area contributed by atoms with E-state index in [0.29, 0.717) is 35.5 Å². The van der Waals surface area contributed by atoms with Gasteiger partial charge in [-0.2, -0.15) is 4.98 Å². The lowest BCUT2D eigenvalue weighted by Gasteiger charge is -2.25. The normalized spacial score (nSPS) is 12.0. The number of amides is 1. The van der Waals surface area contributed by atoms with Crippen molar-refractivity contribution in [2.45, 2.75) is 39.8 Å². The van der Waals surface area contributed by atoms with E-state index in [9.17, 15) is 4.79 Å². The number of halogens is 1. The van der Waals surface area contributed by atoms with Crippen LogP contribution in [0.3, 0.4) is 0 Å². The number of rotatable bonds is 8. The molecular formula is C20H22ClN3O3S. The van der Waals surface area contributed by atoms with Gasteiger partial charge in [0.2, 0.25) is 11.7 Å². The van der Waals surface area contributed by atoms with E-state index in [2.05, 4.69) is 10.1 Å². The summed E-state index contributed by atoms with van der Waals surface area (Å²) in [5, 5.41) is 6.62. The van der Waals surface area contributed by atoms with Gasteiger partial charge in [-0.25, -0.2) is 0 Å². The van der Waals surface area contributed by atoms with E-state index < -0.39 is 6.10 Å².